The van der Waals surface area contributed by atoms with Gasteiger partial charge in [-0.05, 0) is 49.5 Å². The molecule has 1 unspecified atom stereocenters. The Balaban J connectivity index is 2.17. The zero-order valence-electron chi connectivity index (χ0n) is 9.22. The first-order valence-corrected chi connectivity index (χ1v) is 5.81. The van der Waals surface area contributed by atoms with Gasteiger partial charge in [0.25, 0.3) is 0 Å². The highest BCUT2D eigenvalue weighted by molar-refractivity contribution is 6.32. The molecule has 1 atom stereocenters. The highest BCUT2D eigenvalue weighted by Gasteiger charge is 2.17. The second kappa shape index (κ2) is 5.02. The Bertz CT molecular complexity index is 378. The van der Waals surface area contributed by atoms with Gasteiger partial charge in [0.05, 0.1) is 7.11 Å². The first kappa shape index (κ1) is 11.7. The maximum atomic E-state index is 13.5. The zero-order valence-corrected chi connectivity index (χ0v) is 9.98. The van der Waals surface area contributed by atoms with E-state index >= 15 is 0 Å². The number of benzene rings is 1. The standard InChI is InChI=1S/C12H15ClFNO/c1-16-11-6-9(5-10(14)12(11)13)4-8-2-3-15-7-8/h5-6,8,15H,2-4,7H2,1H3. The smallest absolute Gasteiger partial charge is 0.145 e. The minimum absolute atomic E-state index is 0.0656. The monoisotopic (exact) mass is 243 g/mol. The maximum absolute atomic E-state index is 13.5. The van der Waals surface area contributed by atoms with E-state index in [4.69, 9.17) is 16.3 Å². The number of rotatable bonds is 3. The van der Waals surface area contributed by atoms with Crippen LogP contribution in [0.15, 0.2) is 12.1 Å². The van der Waals surface area contributed by atoms with Crippen molar-refractivity contribution in [3.63, 3.8) is 0 Å². The van der Waals surface area contributed by atoms with Crippen molar-refractivity contribution in [1.82, 2.24) is 5.32 Å². The molecule has 0 spiro atoms. The van der Waals surface area contributed by atoms with Gasteiger partial charge < -0.3 is 10.1 Å². The molecule has 1 heterocycles. The number of methoxy groups -OCH3 is 1. The molecule has 1 aromatic carbocycles. The van der Waals surface area contributed by atoms with E-state index in [1.54, 1.807) is 0 Å². The van der Waals surface area contributed by atoms with E-state index in [1.807, 2.05) is 6.07 Å². The molecule has 88 valence electrons. The molecule has 2 nitrogen and oxygen atoms in total. The largest absolute Gasteiger partial charge is 0.495 e. The predicted molar refractivity (Wildman–Crippen MR) is 62.6 cm³/mol. The van der Waals surface area contributed by atoms with Crippen LogP contribution in [0.1, 0.15) is 12.0 Å². The van der Waals surface area contributed by atoms with Crippen LogP contribution < -0.4 is 10.1 Å². The normalized spacial score (nSPS) is 20.1. The summed E-state index contributed by atoms with van der Waals surface area (Å²) >= 11 is 5.77. The summed E-state index contributed by atoms with van der Waals surface area (Å²) in [5, 5.41) is 3.36. The number of nitrogens with one attached hydrogen (secondary N) is 1. The SMILES string of the molecule is COc1cc(CC2CCNC2)cc(F)c1Cl. The lowest BCUT2D eigenvalue weighted by Crippen LogP contribution is -2.11. The molecule has 0 aromatic heterocycles. The predicted octanol–water partition coefficient (Wildman–Crippen LogP) is 2.64. The highest BCUT2D eigenvalue weighted by Crippen LogP contribution is 2.30. The van der Waals surface area contributed by atoms with Crippen molar-refractivity contribution >= 4 is 11.6 Å². The average molecular weight is 244 g/mol. The minimum Gasteiger partial charge on any atom is -0.495 e. The zero-order chi connectivity index (χ0) is 11.5. The number of hydrogen-bond donors (Lipinski definition) is 1. The highest BCUT2D eigenvalue weighted by atomic mass is 35.5. The van der Waals surface area contributed by atoms with Gasteiger partial charge in [-0.3, -0.25) is 0 Å². The molecule has 0 saturated carbocycles. The molecular weight excluding hydrogens is 229 g/mol. The van der Waals surface area contributed by atoms with Crippen molar-refractivity contribution in [2.45, 2.75) is 12.8 Å². The van der Waals surface area contributed by atoms with Crippen LogP contribution in [-0.4, -0.2) is 20.2 Å². The van der Waals surface area contributed by atoms with Crippen LogP contribution in [0.4, 0.5) is 4.39 Å². The Labute approximate surface area is 99.7 Å². The number of halogens is 2. The lowest BCUT2D eigenvalue weighted by molar-refractivity contribution is 0.410. The van der Waals surface area contributed by atoms with E-state index in [2.05, 4.69) is 5.32 Å². The van der Waals surface area contributed by atoms with Crippen molar-refractivity contribution < 1.29 is 9.13 Å². The van der Waals surface area contributed by atoms with Gasteiger partial charge in [-0.1, -0.05) is 11.6 Å². The summed E-state index contributed by atoms with van der Waals surface area (Å²) in [6, 6.07) is 3.33. The molecule has 2 rings (SSSR count). The Morgan fingerprint density at radius 1 is 1.56 bits per heavy atom. The minimum atomic E-state index is -0.401. The van der Waals surface area contributed by atoms with Gasteiger partial charge in [-0.25, -0.2) is 4.39 Å². The molecule has 1 N–H and O–H groups in total. The fourth-order valence-corrected chi connectivity index (χ4v) is 2.29. The second-order valence-corrected chi connectivity index (χ2v) is 4.53. The van der Waals surface area contributed by atoms with Crippen molar-refractivity contribution in [2.75, 3.05) is 20.2 Å². The van der Waals surface area contributed by atoms with E-state index in [1.165, 1.54) is 13.2 Å². The topological polar surface area (TPSA) is 21.3 Å². The summed E-state index contributed by atoms with van der Waals surface area (Å²) in [6.45, 7) is 2.06. The molecule has 0 bridgehead atoms. The third-order valence-corrected chi connectivity index (χ3v) is 3.33. The quantitative estimate of drug-likeness (QED) is 0.881. The van der Waals surface area contributed by atoms with Gasteiger partial charge in [0, 0.05) is 0 Å². The van der Waals surface area contributed by atoms with Gasteiger partial charge in [0.2, 0.25) is 0 Å². The fourth-order valence-electron chi connectivity index (χ4n) is 2.11. The van der Waals surface area contributed by atoms with Crippen molar-refractivity contribution in [1.29, 1.82) is 0 Å². The first-order valence-electron chi connectivity index (χ1n) is 5.43. The van der Waals surface area contributed by atoms with Crippen molar-refractivity contribution in [3.8, 4) is 5.75 Å². The van der Waals surface area contributed by atoms with Crippen LogP contribution >= 0.6 is 11.6 Å². The Kier molecular flexibility index (Phi) is 3.66. The van der Waals surface area contributed by atoms with Crippen LogP contribution in [0.25, 0.3) is 0 Å². The molecule has 4 heteroatoms. The van der Waals surface area contributed by atoms with Gasteiger partial charge in [-0.2, -0.15) is 0 Å². The lowest BCUT2D eigenvalue weighted by Gasteiger charge is -2.11. The average Bonchev–Trinajstić information content (AvgIpc) is 2.76. The molecular formula is C12H15ClFNO. The summed E-state index contributed by atoms with van der Waals surface area (Å²) in [5.74, 6) is 0.606. The van der Waals surface area contributed by atoms with Crippen LogP contribution in [-0.2, 0) is 6.42 Å². The van der Waals surface area contributed by atoms with E-state index in [9.17, 15) is 4.39 Å². The molecule has 0 radical (unpaired) electrons. The maximum Gasteiger partial charge on any atom is 0.145 e. The molecule has 0 aliphatic carbocycles. The van der Waals surface area contributed by atoms with E-state index in [0.717, 1.165) is 31.5 Å². The van der Waals surface area contributed by atoms with E-state index < -0.39 is 5.82 Å². The third kappa shape index (κ3) is 2.47. The van der Waals surface area contributed by atoms with Crippen LogP contribution in [0, 0.1) is 11.7 Å². The van der Waals surface area contributed by atoms with Crippen LogP contribution in [0.2, 0.25) is 5.02 Å². The number of hydrogen-bond acceptors (Lipinski definition) is 2. The molecule has 1 aromatic rings. The Hall–Kier alpha value is -0.800. The fraction of sp³-hybridized carbons (Fsp3) is 0.500. The summed E-state index contributed by atoms with van der Waals surface area (Å²) in [5.41, 5.74) is 0.951. The van der Waals surface area contributed by atoms with Gasteiger partial charge in [0.1, 0.15) is 16.6 Å². The van der Waals surface area contributed by atoms with E-state index in [0.29, 0.717) is 11.7 Å². The van der Waals surface area contributed by atoms with E-state index in [-0.39, 0.29) is 5.02 Å². The van der Waals surface area contributed by atoms with Crippen LogP contribution in [0.3, 0.4) is 0 Å². The molecule has 1 aliphatic heterocycles. The second-order valence-electron chi connectivity index (χ2n) is 4.16. The number of ether oxygens (including phenoxy) is 1. The molecule has 1 fully saturated rings. The summed E-state index contributed by atoms with van der Waals surface area (Å²) in [7, 11) is 1.50. The molecule has 0 amide bonds. The van der Waals surface area contributed by atoms with Gasteiger partial charge >= 0.3 is 0 Å². The third-order valence-electron chi connectivity index (χ3n) is 2.96. The Morgan fingerprint density at radius 2 is 2.38 bits per heavy atom. The molecule has 16 heavy (non-hydrogen) atoms. The summed E-state index contributed by atoms with van der Waals surface area (Å²) in [6.07, 6.45) is 2.02. The van der Waals surface area contributed by atoms with Gasteiger partial charge in [-0.15, -0.1) is 0 Å². The Morgan fingerprint density at radius 3 is 3.00 bits per heavy atom. The summed E-state index contributed by atoms with van der Waals surface area (Å²) < 4.78 is 18.5. The summed E-state index contributed by atoms with van der Waals surface area (Å²) in [4.78, 5) is 0. The van der Waals surface area contributed by atoms with Crippen molar-refractivity contribution in [3.05, 3.63) is 28.5 Å². The molecule has 1 saturated heterocycles. The van der Waals surface area contributed by atoms with Crippen molar-refractivity contribution in [2.24, 2.45) is 5.92 Å². The lowest BCUT2D eigenvalue weighted by atomic mass is 9.98. The van der Waals surface area contributed by atoms with Crippen LogP contribution in [0.5, 0.6) is 5.75 Å². The molecule has 1 aliphatic rings. The first-order chi connectivity index (χ1) is 7.70. The van der Waals surface area contributed by atoms with Gasteiger partial charge in [0.15, 0.2) is 0 Å².